The number of ether oxygens (including phenoxy) is 1. The quantitative estimate of drug-likeness (QED) is 0.898. The highest BCUT2D eigenvalue weighted by molar-refractivity contribution is 7.00. The van der Waals surface area contributed by atoms with Gasteiger partial charge in [0.15, 0.2) is 0 Å². The zero-order valence-electron chi connectivity index (χ0n) is 10.8. The van der Waals surface area contributed by atoms with Gasteiger partial charge in [-0.2, -0.15) is 8.75 Å². The van der Waals surface area contributed by atoms with Crippen LogP contribution < -0.4 is 10.6 Å². The van der Waals surface area contributed by atoms with E-state index in [0.29, 0.717) is 21.7 Å². The summed E-state index contributed by atoms with van der Waals surface area (Å²) in [4.78, 5) is 12.0. The summed E-state index contributed by atoms with van der Waals surface area (Å²) >= 11 is 7.19. The molecule has 0 aliphatic carbocycles. The number of halogens is 1. The van der Waals surface area contributed by atoms with E-state index < -0.39 is 0 Å². The number of carbonyl (C=O) groups is 1. The van der Waals surface area contributed by atoms with Crippen molar-refractivity contribution in [3.8, 4) is 0 Å². The van der Waals surface area contributed by atoms with Crippen LogP contribution in [0.2, 0.25) is 5.02 Å². The number of hydrogen-bond acceptors (Lipinski definition) is 6. The van der Waals surface area contributed by atoms with Crippen LogP contribution in [0.3, 0.4) is 0 Å². The zero-order valence-corrected chi connectivity index (χ0v) is 12.3. The van der Waals surface area contributed by atoms with Crippen molar-refractivity contribution in [1.29, 1.82) is 0 Å². The Hall–Kier alpha value is -1.28. The van der Waals surface area contributed by atoms with E-state index in [1.165, 1.54) is 0 Å². The van der Waals surface area contributed by atoms with E-state index in [2.05, 4.69) is 19.4 Å². The third kappa shape index (κ3) is 2.62. The Labute approximate surface area is 124 Å². The van der Waals surface area contributed by atoms with Crippen molar-refractivity contribution in [2.24, 2.45) is 0 Å². The Kier molecular flexibility index (Phi) is 3.59. The molecule has 3 rings (SSSR count). The number of benzene rings is 1. The molecule has 1 aliphatic rings. The maximum Gasteiger partial charge on any atom is 0.250 e. The summed E-state index contributed by atoms with van der Waals surface area (Å²) in [6.07, 6.45) is 0. The number of hydrogen-bond donors (Lipinski definition) is 2. The molecule has 0 radical (unpaired) electrons. The van der Waals surface area contributed by atoms with Crippen LogP contribution in [0, 0.1) is 0 Å². The average molecular weight is 313 g/mol. The Balaban J connectivity index is 1.70. The van der Waals surface area contributed by atoms with Gasteiger partial charge in [0, 0.05) is 13.1 Å². The first kappa shape index (κ1) is 13.7. The van der Waals surface area contributed by atoms with Gasteiger partial charge in [-0.3, -0.25) is 4.79 Å². The molecule has 2 heterocycles. The third-order valence-electron chi connectivity index (χ3n) is 3.19. The Morgan fingerprint density at radius 3 is 3.05 bits per heavy atom. The molecular weight excluding hydrogens is 300 g/mol. The lowest BCUT2D eigenvalue weighted by Gasteiger charge is -2.38. The molecule has 1 saturated heterocycles. The van der Waals surface area contributed by atoms with E-state index in [0.717, 1.165) is 24.8 Å². The molecule has 1 amide bonds. The molecule has 20 heavy (non-hydrogen) atoms. The maximum atomic E-state index is 12.0. The second-order valence-corrected chi connectivity index (χ2v) is 5.88. The summed E-state index contributed by atoms with van der Waals surface area (Å²) in [6.45, 7) is 3.47. The first-order valence-corrected chi connectivity index (χ1v) is 7.23. The summed E-state index contributed by atoms with van der Waals surface area (Å²) < 4.78 is 13.8. The predicted octanol–water partition coefficient (Wildman–Crippen LogP) is 1.66. The molecule has 2 N–H and O–H groups in total. The van der Waals surface area contributed by atoms with Crippen LogP contribution in [0.25, 0.3) is 11.0 Å². The molecule has 8 heteroatoms. The minimum Gasteiger partial charge on any atom is -0.363 e. The van der Waals surface area contributed by atoms with Crippen molar-refractivity contribution in [2.75, 3.05) is 25.0 Å². The number of amides is 1. The van der Waals surface area contributed by atoms with Crippen LogP contribution in [-0.4, -0.2) is 40.0 Å². The number of aromatic nitrogens is 2. The van der Waals surface area contributed by atoms with Crippen molar-refractivity contribution in [2.45, 2.75) is 12.5 Å². The lowest BCUT2D eigenvalue weighted by molar-refractivity contribution is -0.130. The standard InChI is InChI=1S/C12H13ClN4O2S/c1-12(5-14-6-12)19-4-9(18)15-10-7(13)2-3-8-11(10)17-20-16-8/h2-3,14H,4-6H2,1H3,(H,15,18). The molecule has 2 aromatic rings. The van der Waals surface area contributed by atoms with Crippen molar-refractivity contribution >= 4 is 46.0 Å². The molecule has 6 nitrogen and oxygen atoms in total. The number of anilines is 1. The lowest BCUT2D eigenvalue weighted by atomic mass is 10.0. The minimum atomic E-state index is -0.255. The molecule has 0 saturated carbocycles. The van der Waals surface area contributed by atoms with Crippen molar-refractivity contribution in [3.63, 3.8) is 0 Å². The second-order valence-electron chi connectivity index (χ2n) is 4.94. The third-order valence-corrected chi connectivity index (χ3v) is 4.05. The van der Waals surface area contributed by atoms with Gasteiger partial charge in [-0.25, -0.2) is 0 Å². The van der Waals surface area contributed by atoms with Gasteiger partial charge in [-0.1, -0.05) is 11.6 Å². The molecule has 0 atom stereocenters. The molecule has 1 aromatic heterocycles. The summed E-state index contributed by atoms with van der Waals surface area (Å²) in [5.41, 5.74) is 1.55. The van der Waals surface area contributed by atoms with E-state index in [1.807, 2.05) is 6.92 Å². The van der Waals surface area contributed by atoms with Crippen LogP contribution in [0.1, 0.15) is 6.92 Å². The highest BCUT2D eigenvalue weighted by Crippen LogP contribution is 2.29. The second kappa shape index (κ2) is 5.25. The number of nitrogens with one attached hydrogen (secondary N) is 2. The molecule has 1 fully saturated rings. The first-order chi connectivity index (χ1) is 9.57. The topological polar surface area (TPSA) is 76.1 Å². The molecule has 1 aromatic carbocycles. The Morgan fingerprint density at radius 1 is 1.55 bits per heavy atom. The van der Waals surface area contributed by atoms with Crippen LogP contribution in [-0.2, 0) is 9.53 Å². The first-order valence-electron chi connectivity index (χ1n) is 6.13. The summed E-state index contributed by atoms with van der Waals surface area (Å²) in [5, 5.41) is 6.30. The summed E-state index contributed by atoms with van der Waals surface area (Å²) in [6, 6.07) is 3.47. The SMILES string of the molecule is CC1(OCC(=O)Nc2c(Cl)ccc3nsnc23)CNC1. The van der Waals surface area contributed by atoms with Crippen molar-refractivity contribution < 1.29 is 9.53 Å². The molecule has 1 aliphatic heterocycles. The summed E-state index contributed by atoms with van der Waals surface area (Å²) in [7, 11) is 0. The number of fused-ring (bicyclic) bond motifs is 1. The van der Waals surface area contributed by atoms with Gasteiger partial charge >= 0.3 is 0 Å². The Morgan fingerprint density at radius 2 is 2.35 bits per heavy atom. The highest BCUT2D eigenvalue weighted by Gasteiger charge is 2.33. The van der Waals surface area contributed by atoms with E-state index in [9.17, 15) is 4.79 Å². The normalized spacial score (nSPS) is 16.9. The molecule has 0 bridgehead atoms. The van der Waals surface area contributed by atoms with E-state index in [4.69, 9.17) is 16.3 Å². The largest absolute Gasteiger partial charge is 0.363 e. The van der Waals surface area contributed by atoms with Crippen LogP contribution in [0.15, 0.2) is 12.1 Å². The molecule has 0 spiro atoms. The van der Waals surface area contributed by atoms with Gasteiger partial charge in [0.2, 0.25) is 5.91 Å². The Bertz CT molecular complexity index is 656. The monoisotopic (exact) mass is 312 g/mol. The van der Waals surface area contributed by atoms with Crippen LogP contribution >= 0.6 is 23.3 Å². The smallest absolute Gasteiger partial charge is 0.250 e. The maximum absolute atomic E-state index is 12.0. The molecular formula is C12H13ClN4O2S. The van der Waals surface area contributed by atoms with Crippen LogP contribution in [0.5, 0.6) is 0 Å². The lowest BCUT2D eigenvalue weighted by Crippen LogP contribution is -2.59. The zero-order chi connectivity index (χ0) is 14.2. The highest BCUT2D eigenvalue weighted by atomic mass is 35.5. The average Bonchev–Trinajstić information content (AvgIpc) is 2.86. The van der Waals surface area contributed by atoms with Gasteiger partial charge in [0.25, 0.3) is 0 Å². The fourth-order valence-corrected chi connectivity index (χ4v) is 2.68. The molecule has 106 valence electrons. The van der Waals surface area contributed by atoms with Crippen molar-refractivity contribution in [1.82, 2.24) is 14.1 Å². The molecule has 0 unspecified atom stereocenters. The van der Waals surface area contributed by atoms with Gasteiger partial charge in [0.05, 0.1) is 28.0 Å². The van der Waals surface area contributed by atoms with Gasteiger partial charge in [-0.15, -0.1) is 0 Å². The fraction of sp³-hybridized carbons (Fsp3) is 0.417. The number of carbonyl (C=O) groups excluding carboxylic acids is 1. The van der Waals surface area contributed by atoms with Gasteiger partial charge in [0.1, 0.15) is 17.6 Å². The van der Waals surface area contributed by atoms with E-state index >= 15 is 0 Å². The fourth-order valence-electron chi connectivity index (χ4n) is 1.94. The van der Waals surface area contributed by atoms with Gasteiger partial charge < -0.3 is 15.4 Å². The number of rotatable bonds is 4. The van der Waals surface area contributed by atoms with E-state index in [-0.39, 0.29) is 18.1 Å². The van der Waals surface area contributed by atoms with Gasteiger partial charge in [-0.05, 0) is 19.1 Å². The minimum absolute atomic E-state index is 0.0114. The van der Waals surface area contributed by atoms with E-state index in [1.54, 1.807) is 12.1 Å². The van der Waals surface area contributed by atoms with Crippen LogP contribution in [0.4, 0.5) is 5.69 Å². The summed E-state index contributed by atoms with van der Waals surface area (Å²) in [5.74, 6) is -0.250. The van der Waals surface area contributed by atoms with Crippen molar-refractivity contribution in [3.05, 3.63) is 17.2 Å². The predicted molar refractivity (Wildman–Crippen MR) is 78.3 cm³/mol. The number of nitrogens with zero attached hydrogens (tertiary/aromatic N) is 2.